The van der Waals surface area contributed by atoms with Crippen molar-refractivity contribution in [1.29, 1.82) is 0 Å². The third-order valence-electron chi connectivity index (χ3n) is 19.7. The molecule has 508 valence electrons. The first kappa shape index (κ1) is 80.5. The van der Waals surface area contributed by atoms with Crippen LogP contribution in [0.2, 0.25) is 0 Å². The predicted molar refractivity (Wildman–Crippen MR) is 388 cm³/mol. The monoisotopic (exact) mass is 1200 g/mol. The van der Waals surface area contributed by atoms with Crippen molar-refractivity contribution in [3.8, 4) is 0 Å². The largest absolute Gasteiger partial charge is 0.341 e. The smallest absolute Gasteiger partial charge is 0.232 e. The van der Waals surface area contributed by atoms with Crippen molar-refractivity contribution >= 4 is 17.8 Å². The third-order valence-corrected chi connectivity index (χ3v) is 19.7. The molecule has 0 saturated carbocycles. The number of hydrogen-bond acceptors (Lipinski definition) is 7. The Labute approximate surface area is 541 Å². The first-order chi connectivity index (χ1) is 42.7. The second-order valence-electron chi connectivity index (χ2n) is 28.2. The van der Waals surface area contributed by atoms with Gasteiger partial charge < -0.3 is 20.0 Å². The highest BCUT2D eigenvalue weighted by Gasteiger charge is 2.22. The summed E-state index contributed by atoms with van der Waals surface area (Å²) in [5, 5.41) is 3.62. The molecule has 0 aliphatic carbocycles. The Hall–Kier alpha value is -1.63. The average Bonchev–Trinajstić information content (AvgIpc) is 3.69. The summed E-state index contributed by atoms with van der Waals surface area (Å²) in [6.45, 7) is 17.5. The standard InChI is InChI=1S/C79H157N7/c1-5-9-13-17-21-25-29-33-37-41-45-49-53-57-61-65-71-84(72-66-62-58-54-50-46-42-38-34-30-26-22-18-14-10-6-2)77-81-78(83-79(82-77)86-75-69-80-70-76-86)85(73-67-63-59-55-51-47-43-39-35-31-27-23-19-15-11-7-3)74-68-64-60-56-52-48-44-40-36-32-28-24-20-16-12-8-4/h80H,5-76H2,1-4H3. The van der Waals surface area contributed by atoms with E-state index in [0.29, 0.717) is 0 Å². The molecule has 2 rings (SSSR count). The van der Waals surface area contributed by atoms with Crippen LogP contribution >= 0.6 is 0 Å². The van der Waals surface area contributed by atoms with Crippen LogP contribution in [-0.4, -0.2) is 67.3 Å². The van der Waals surface area contributed by atoms with Crippen molar-refractivity contribution in [3.05, 3.63) is 0 Å². The number of anilines is 3. The fourth-order valence-corrected chi connectivity index (χ4v) is 13.7. The second-order valence-corrected chi connectivity index (χ2v) is 28.2. The minimum atomic E-state index is 0.930. The number of nitrogens with one attached hydrogen (secondary N) is 1. The minimum absolute atomic E-state index is 0.930. The summed E-state index contributed by atoms with van der Waals surface area (Å²) in [5.41, 5.74) is 0. The van der Waals surface area contributed by atoms with Crippen molar-refractivity contribution < 1.29 is 0 Å². The van der Waals surface area contributed by atoms with E-state index in [-0.39, 0.29) is 0 Å². The maximum absolute atomic E-state index is 5.58. The van der Waals surface area contributed by atoms with E-state index in [1.54, 1.807) is 0 Å². The summed E-state index contributed by atoms with van der Waals surface area (Å²) in [5.74, 6) is 2.86. The summed E-state index contributed by atoms with van der Waals surface area (Å²) in [4.78, 5) is 24.2. The van der Waals surface area contributed by atoms with Crippen LogP contribution in [0.25, 0.3) is 0 Å². The van der Waals surface area contributed by atoms with Crippen molar-refractivity contribution in [2.24, 2.45) is 0 Å². The first-order valence-corrected chi connectivity index (χ1v) is 40.4. The molecular formula is C79H157N7. The molecule has 1 aliphatic heterocycles. The zero-order valence-corrected chi connectivity index (χ0v) is 59.6. The minimum Gasteiger partial charge on any atom is -0.341 e. The fourth-order valence-electron chi connectivity index (χ4n) is 13.7. The van der Waals surface area contributed by atoms with Gasteiger partial charge in [0.2, 0.25) is 17.8 Å². The molecular weight excluding hydrogens is 1050 g/mol. The highest BCUT2D eigenvalue weighted by molar-refractivity contribution is 5.47. The Kier molecular flexibility index (Phi) is 62.0. The van der Waals surface area contributed by atoms with Gasteiger partial charge in [0.1, 0.15) is 0 Å². The Morgan fingerprint density at radius 3 is 0.570 bits per heavy atom. The molecule has 86 heavy (non-hydrogen) atoms. The Balaban J connectivity index is 2.06. The van der Waals surface area contributed by atoms with Gasteiger partial charge in [0, 0.05) is 52.4 Å². The molecule has 0 amide bonds. The zero-order valence-electron chi connectivity index (χ0n) is 59.6. The van der Waals surface area contributed by atoms with E-state index in [1.807, 2.05) is 0 Å². The molecule has 7 nitrogen and oxygen atoms in total. The molecule has 1 N–H and O–H groups in total. The molecule has 2 heterocycles. The van der Waals surface area contributed by atoms with E-state index in [4.69, 9.17) is 15.0 Å². The Bertz CT molecular complexity index is 1280. The molecule has 0 unspecified atom stereocenters. The zero-order chi connectivity index (χ0) is 61.2. The van der Waals surface area contributed by atoms with Crippen LogP contribution in [0.1, 0.15) is 439 Å². The first-order valence-electron chi connectivity index (χ1n) is 40.4. The SMILES string of the molecule is CCCCCCCCCCCCCCCCCCN(CCCCCCCCCCCCCCCCCC)c1nc(N(CCCCCCCCCCCCCCCCCC)CCCCCCCCCCCCCCCCCC)nc(N2CCNCC2)n1. The fraction of sp³-hybridized carbons (Fsp3) is 0.962. The molecule has 1 aliphatic rings. The molecule has 0 atom stereocenters. The van der Waals surface area contributed by atoms with Crippen LogP contribution < -0.4 is 20.0 Å². The summed E-state index contributed by atoms with van der Waals surface area (Å²) >= 11 is 0. The molecule has 1 saturated heterocycles. The lowest BCUT2D eigenvalue weighted by atomic mass is 10.0. The summed E-state index contributed by atoms with van der Waals surface area (Å²) < 4.78 is 0. The molecule has 7 heteroatoms. The summed E-state index contributed by atoms with van der Waals surface area (Å²) in [7, 11) is 0. The van der Waals surface area contributed by atoms with Gasteiger partial charge >= 0.3 is 0 Å². The maximum atomic E-state index is 5.58. The van der Waals surface area contributed by atoms with Crippen LogP contribution in [0.4, 0.5) is 17.8 Å². The quantitative estimate of drug-likeness (QED) is 0.0652. The van der Waals surface area contributed by atoms with Crippen LogP contribution in [-0.2, 0) is 0 Å². The van der Waals surface area contributed by atoms with Gasteiger partial charge in [0.15, 0.2) is 0 Å². The Morgan fingerprint density at radius 1 is 0.233 bits per heavy atom. The van der Waals surface area contributed by atoms with E-state index in [1.165, 1.54) is 411 Å². The van der Waals surface area contributed by atoms with Crippen molar-refractivity contribution in [2.75, 3.05) is 67.1 Å². The lowest BCUT2D eigenvalue weighted by Gasteiger charge is -2.31. The topological polar surface area (TPSA) is 60.4 Å². The number of unbranched alkanes of at least 4 members (excludes halogenated alkanes) is 60. The average molecular weight is 1210 g/mol. The number of piperazine rings is 1. The highest BCUT2D eigenvalue weighted by atomic mass is 15.4. The second kappa shape index (κ2) is 66.3. The number of aromatic nitrogens is 3. The van der Waals surface area contributed by atoms with E-state index < -0.39 is 0 Å². The van der Waals surface area contributed by atoms with Crippen molar-refractivity contribution in [3.63, 3.8) is 0 Å². The molecule has 1 fully saturated rings. The van der Waals surface area contributed by atoms with Gasteiger partial charge in [-0.1, -0.05) is 413 Å². The number of rotatable bonds is 71. The molecule has 0 aromatic carbocycles. The van der Waals surface area contributed by atoms with Gasteiger partial charge in [-0.2, -0.15) is 15.0 Å². The summed E-state index contributed by atoms with van der Waals surface area (Å²) in [6.07, 6.45) is 90.3. The molecule has 0 radical (unpaired) electrons. The predicted octanol–water partition coefficient (Wildman–Crippen LogP) is 25.9. The van der Waals surface area contributed by atoms with E-state index >= 15 is 0 Å². The van der Waals surface area contributed by atoms with Gasteiger partial charge in [-0.3, -0.25) is 0 Å². The lowest BCUT2D eigenvalue weighted by Crippen LogP contribution is -2.44. The molecule has 0 bridgehead atoms. The van der Waals surface area contributed by atoms with Gasteiger partial charge in [-0.05, 0) is 25.7 Å². The van der Waals surface area contributed by atoms with E-state index in [2.05, 4.69) is 47.7 Å². The molecule has 1 aromatic heterocycles. The summed E-state index contributed by atoms with van der Waals surface area (Å²) in [6, 6.07) is 0. The lowest BCUT2D eigenvalue weighted by molar-refractivity contribution is 0.522. The molecule has 1 aromatic rings. The Morgan fingerprint density at radius 2 is 0.395 bits per heavy atom. The number of nitrogens with zero attached hydrogens (tertiary/aromatic N) is 6. The van der Waals surface area contributed by atoms with Crippen LogP contribution in [0.3, 0.4) is 0 Å². The maximum Gasteiger partial charge on any atom is 0.232 e. The normalized spacial score (nSPS) is 12.8. The third kappa shape index (κ3) is 52.0. The van der Waals surface area contributed by atoms with Gasteiger partial charge in [0.05, 0.1) is 0 Å². The van der Waals surface area contributed by atoms with E-state index in [0.717, 1.165) is 70.2 Å². The van der Waals surface area contributed by atoms with Gasteiger partial charge in [-0.15, -0.1) is 0 Å². The van der Waals surface area contributed by atoms with Gasteiger partial charge in [0.25, 0.3) is 0 Å². The van der Waals surface area contributed by atoms with E-state index in [9.17, 15) is 0 Å². The van der Waals surface area contributed by atoms with Crippen LogP contribution in [0.5, 0.6) is 0 Å². The van der Waals surface area contributed by atoms with Crippen molar-refractivity contribution in [1.82, 2.24) is 20.3 Å². The van der Waals surface area contributed by atoms with Crippen LogP contribution in [0.15, 0.2) is 0 Å². The van der Waals surface area contributed by atoms with Crippen molar-refractivity contribution in [2.45, 2.75) is 439 Å². The highest BCUT2D eigenvalue weighted by Crippen LogP contribution is 2.25. The number of hydrogen-bond donors (Lipinski definition) is 1. The molecule has 0 spiro atoms. The van der Waals surface area contributed by atoms with Gasteiger partial charge in [-0.25, -0.2) is 0 Å². The van der Waals surface area contributed by atoms with Crippen LogP contribution in [0, 0.1) is 0 Å².